The molecule has 1 aromatic carbocycles. The Morgan fingerprint density at radius 3 is 2.04 bits per heavy atom. The van der Waals surface area contributed by atoms with E-state index < -0.39 is 35.2 Å². The lowest BCUT2D eigenvalue weighted by molar-refractivity contribution is -0.159. The summed E-state index contributed by atoms with van der Waals surface area (Å²) in [5.74, 6) is -2.91. The molecule has 1 rings (SSSR count). The van der Waals surface area contributed by atoms with Gasteiger partial charge in [0.1, 0.15) is 5.60 Å². The van der Waals surface area contributed by atoms with Gasteiger partial charge in [-0.1, -0.05) is 12.1 Å². The summed E-state index contributed by atoms with van der Waals surface area (Å²) in [6.07, 6.45) is -4.83. The monoisotopic (exact) mass is 332 g/mol. The number of carbonyl (C=O) groups excluding carboxylic acids is 1. The molecule has 23 heavy (non-hydrogen) atoms. The molecule has 0 aromatic heterocycles. The summed E-state index contributed by atoms with van der Waals surface area (Å²) in [5, 5.41) is 9.18. The second-order valence-corrected chi connectivity index (χ2v) is 6.22. The van der Waals surface area contributed by atoms with Crippen LogP contribution >= 0.6 is 0 Å². The first-order valence-electron chi connectivity index (χ1n) is 6.99. The smallest absolute Gasteiger partial charge is 0.416 e. The molecule has 0 radical (unpaired) electrons. The maximum atomic E-state index is 12.5. The maximum absolute atomic E-state index is 12.5. The number of hydrogen-bond donors (Lipinski definition) is 1. The highest BCUT2D eigenvalue weighted by molar-refractivity contribution is 5.79. The van der Waals surface area contributed by atoms with Gasteiger partial charge in [0.05, 0.1) is 17.9 Å². The summed E-state index contributed by atoms with van der Waals surface area (Å²) in [6.45, 7) is 4.99. The summed E-state index contributed by atoms with van der Waals surface area (Å²) in [5.41, 5.74) is -1.12. The van der Waals surface area contributed by atoms with Crippen molar-refractivity contribution >= 4 is 11.9 Å². The number of hydrogen-bond acceptors (Lipinski definition) is 3. The number of ether oxygens (including phenoxy) is 1. The Labute approximate surface area is 132 Å². The van der Waals surface area contributed by atoms with Gasteiger partial charge in [0.25, 0.3) is 0 Å². The first-order chi connectivity index (χ1) is 10.4. The van der Waals surface area contributed by atoms with Gasteiger partial charge in [-0.05, 0) is 44.9 Å². The molecule has 1 atom stereocenters. The minimum Gasteiger partial charge on any atom is -0.481 e. The highest BCUT2D eigenvalue weighted by atomic mass is 19.4. The third kappa shape index (κ3) is 6.71. The number of aliphatic carboxylic acids is 1. The van der Waals surface area contributed by atoms with Gasteiger partial charge in [-0.2, -0.15) is 13.2 Å². The van der Waals surface area contributed by atoms with Crippen molar-refractivity contribution < 1.29 is 32.6 Å². The predicted molar refractivity (Wildman–Crippen MR) is 76.7 cm³/mol. The van der Waals surface area contributed by atoms with Crippen molar-refractivity contribution in [3.8, 4) is 0 Å². The number of carbonyl (C=O) groups is 2. The van der Waals surface area contributed by atoms with Crippen LogP contribution in [0.25, 0.3) is 0 Å². The Bertz CT molecular complexity index is 556. The third-order valence-electron chi connectivity index (χ3n) is 2.95. The zero-order valence-electron chi connectivity index (χ0n) is 13.1. The maximum Gasteiger partial charge on any atom is 0.416 e. The average Bonchev–Trinajstić information content (AvgIpc) is 2.35. The van der Waals surface area contributed by atoms with E-state index in [0.29, 0.717) is 5.56 Å². The van der Waals surface area contributed by atoms with Gasteiger partial charge in [0.15, 0.2) is 0 Å². The van der Waals surface area contributed by atoms with Gasteiger partial charge < -0.3 is 9.84 Å². The number of carboxylic acid groups (broad SMARTS) is 1. The molecule has 1 N–H and O–H groups in total. The molecule has 0 unspecified atom stereocenters. The molecule has 0 bridgehead atoms. The number of alkyl halides is 3. The molecule has 0 aliphatic carbocycles. The molecule has 0 spiro atoms. The van der Waals surface area contributed by atoms with Gasteiger partial charge in [-0.25, -0.2) is 0 Å². The molecule has 0 saturated heterocycles. The predicted octanol–water partition coefficient (Wildman–Crippen LogP) is 3.68. The summed E-state index contributed by atoms with van der Waals surface area (Å²) in [6, 6.07) is 4.21. The van der Waals surface area contributed by atoms with Crippen LogP contribution in [0.3, 0.4) is 0 Å². The fourth-order valence-electron chi connectivity index (χ4n) is 1.95. The molecule has 0 fully saturated rings. The van der Waals surface area contributed by atoms with Gasteiger partial charge >= 0.3 is 18.1 Å². The molecule has 0 saturated carbocycles. The van der Waals surface area contributed by atoms with Gasteiger partial charge in [0, 0.05) is 0 Å². The fraction of sp³-hybridized carbons (Fsp3) is 0.500. The molecule has 0 heterocycles. The van der Waals surface area contributed by atoms with E-state index in [-0.39, 0.29) is 12.8 Å². The van der Waals surface area contributed by atoms with E-state index in [4.69, 9.17) is 4.74 Å². The van der Waals surface area contributed by atoms with E-state index in [9.17, 15) is 27.9 Å². The molecule has 0 amide bonds. The lowest BCUT2D eigenvalue weighted by Gasteiger charge is -2.21. The van der Waals surface area contributed by atoms with Crippen LogP contribution in [0.1, 0.15) is 38.3 Å². The van der Waals surface area contributed by atoms with Crippen LogP contribution in [0.5, 0.6) is 0 Å². The number of halogens is 3. The Morgan fingerprint density at radius 2 is 1.65 bits per heavy atom. The van der Waals surface area contributed by atoms with Crippen LogP contribution < -0.4 is 0 Å². The summed E-state index contributed by atoms with van der Waals surface area (Å²) in [7, 11) is 0. The van der Waals surface area contributed by atoms with Gasteiger partial charge in [-0.15, -0.1) is 0 Å². The van der Waals surface area contributed by atoms with E-state index in [0.717, 1.165) is 12.1 Å². The van der Waals surface area contributed by atoms with Crippen molar-refractivity contribution in [3.05, 3.63) is 35.4 Å². The molecule has 1 aromatic rings. The number of rotatable bonds is 5. The Kier molecular flexibility index (Phi) is 5.80. The van der Waals surface area contributed by atoms with Crippen molar-refractivity contribution in [2.45, 2.75) is 45.4 Å². The van der Waals surface area contributed by atoms with E-state index >= 15 is 0 Å². The zero-order valence-corrected chi connectivity index (χ0v) is 13.1. The topological polar surface area (TPSA) is 63.6 Å². The average molecular weight is 332 g/mol. The fourth-order valence-corrected chi connectivity index (χ4v) is 1.95. The molecular formula is C16H19F3O4. The van der Waals surface area contributed by atoms with Crippen LogP contribution in [0.15, 0.2) is 24.3 Å². The zero-order chi connectivity index (χ0) is 17.8. The first-order valence-corrected chi connectivity index (χ1v) is 6.99. The Balaban J connectivity index is 2.77. The van der Waals surface area contributed by atoms with Crippen molar-refractivity contribution in [2.24, 2.45) is 5.92 Å². The number of esters is 1. The molecular weight excluding hydrogens is 313 g/mol. The van der Waals surface area contributed by atoms with Crippen LogP contribution in [-0.4, -0.2) is 22.6 Å². The van der Waals surface area contributed by atoms with Crippen LogP contribution in [-0.2, 0) is 26.9 Å². The summed E-state index contributed by atoms with van der Waals surface area (Å²) >= 11 is 0. The van der Waals surface area contributed by atoms with E-state index in [1.807, 2.05) is 0 Å². The van der Waals surface area contributed by atoms with Crippen LogP contribution in [0.2, 0.25) is 0 Å². The normalized spacial score (nSPS) is 13.5. The molecule has 0 aliphatic heterocycles. The summed E-state index contributed by atoms with van der Waals surface area (Å²) in [4.78, 5) is 23.0. The van der Waals surface area contributed by atoms with E-state index in [1.165, 1.54) is 12.1 Å². The Morgan fingerprint density at radius 1 is 1.13 bits per heavy atom. The van der Waals surface area contributed by atoms with Gasteiger partial charge in [-0.3, -0.25) is 9.59 Å². The van der Waals surface area contributed by atoms with Crippen molar-refractivity contribution in [1.82, 2.24) is 0 Å². The summed E-state index contributed by atoms with van der Waals surface area (Å²) < 4.78 is 42.5. The third-order valence-corrected chi connectivity index (χ3v) is 2.95. The van der Waals surface area contributed by atoms with Gasteiger partial charge in [0.2, 0.25) is 0 Å². The van der Waals surface area contributed by atoms with Crippen molar-refractivity contribution in [1.29, 1.82) is 0 Å². The minimum atomic E-state index is -4.44. The quantitative estimate of drug-likeness (QED) is 0.836. The second kappa shape index (κ2) is 7.02. The molecule has 4 nitrogen and oxygen atoms in total. The standard InChI is InChI=1S/C16H19F3O4/c1-15(2,3)23-13(20)9-11(14(21)22)8-10-4-6-12(7-5-10)16(17,18)19/h4-7,11H,8-9H2,1-3H3,(H,21,22)/t11-/m1/s1. The SMILES string of the molecule is CC(C)(C)OC(=O)C[C@@H](Cc1ccc(C(F)(F)F)cc1)C(=O)O. The largest absolute Gasteiger partial charge is 0.481 e. The van der Waals surface area contributed by atoms with Crippen molar-refractivity contribution in [2.75, 3.05) is 0 Å². The molecule has 7 heteroatoms. The van der Waals surface area contributed by atoms with E-state index in [1.54, 1.807) is 20.8 Å². The van der Waals surface area contributed by atoms with Crippen LogP contribution in [0.4, 0.5) is 13.2 Å². The lowest BCUT2D eigenvalue weighted by atomic mass is 9.95. The number of carboxylic acids is 1. The first kappa shape index (κ1) is 19.0. The Hall–Kier alpha value is -2.05. The molecule has 128 valence electrons. The van der Waals surface area contributed by atoms with E-state index in [2.05, 4.69) is 0 Å². The second-order valence-electron chi connectivity index (χ2n) is 6.22. The highest BCUT2D eigenvalue weighted by Crippen LogP contribution is 2.29. The molecule has 0 aliphatic rings. The van der Waals surface area contributed by atoms with Crippen molar-refractivity contribution in [3.63, 3.8) is 0 Å². The minimum absolute atomic E-state index is 0.0489. The lowest BCUT2D eigenvalue weighted by Crippen LogP contribution is -2.28. The van der Waals surface area contributed by atoms with Crippen LogP contribution in [0, 0.1) is 5.92 Å². The number of benzene rings is 1. The highest BCUT2D eigenvalue weighted by Gasteiger charge is 2.30.